The molecule has 1 unspecified atom stereocenters. The highest BCUT2D eigenvalue weighted by atomic mass is 32.1. The quantitative estimate of drug-likeness (QED) is 0.848. The van der Waals surface area contributed by atoms with Gasteiger partial charge < -0.3 is 15.3 Å². The fourth-order valence-electron chi connectivity index (χ4n) is 2.48. The van der Waals surface area contributed by atoms with Crippen LogP contribution in [0.2, 0.25) is 0 Å². The standard InChI is InChI=1S/C15H22N2O3S/c1-9-8-13(11(3)21-9)10(2)16-15(20)17(12-4-5-12)7-6-14(18)19/h8,10,12H,4-7H2,1-3H3,(H,16,20)(H,18,19). The Morgan fingerprint density at radius 1 is 1.48 bits per heavy atom. The molecule has 6 heteroatoms. The lowest BCUT2D eigenvalue weighted by Crippen LogP contribution is -2.43. The molecule has 2 amide bonds. The number of hydrogen-bond acceptors (Lipinski definition) is 3. The molecule has 1 aliphatic rings. The van der Waals surface area contributed by atoms with Crippen LogP contribution in [-0.4, -0.2) is 34.6 Å². The van der Waals surface area contributed by atoms with Crippen molar-refractivity contribution < 1.29 is 14.7 Å². The number of aliphatic carboxylic acids is 1. The molecule has 1 fully saturated rings. The van der Waals surface area contributed by atoms with Gasteiger partial charge in [-0.25, -0.2) is 4.79 Å². The Labute approximate surface area is 129 Å². The minimum absolute atomic E-state index is 0.00507. The highest BCUT2D eigenvalue weighted by Crippen LogP contribution is 2.29. The summed E-state index contributed by atoms with van der Waals surface area (Å²) in [6.45, 7) is 6.35. The van der Waals surface area contributed by atoms with Crippen molar-refractivity contribution in [3.63, 3.8) is 0 Å². The molecule has 1 heterocycles. The Bertz CT molecular complexity index is 537. The third-order valence-electron chi connectivity index (χ3n) is 3.70. The van der Waals surface area contributed by atoms with Crippen LogP contribution in [0.25, 0.3) is 0 Å². The van der Waals surface area contributed by atoms with Gasteiger partial charge in [0.25, 0.3) is 0 Å². The summed E-state index contributed by atoms with van der Waals surface area (Å²) in [5, 5.41) is 11.8. The molecule has 0 bridgehead atoms. The summed E-state index contributed by atoms with van der Waals surface area (Å²) in [6, 6.07) is 2.09. The van der Waals surface area contributed by atoms with Gasteiger partial charge in [0, 0.05) is 22.3 Å². The maximum atomic E-state index is 12.4. The fourth-order valence-corrected chi connectivity index (χ4v) is 3.50. The zero-order valence-corrected chi connectivity index (χ0v) is 13.5. The predicted molar refractivity (Wildman–Crippen MR) is 82.7 cm³/mol. The van der Waals surface area contributed by atoms with E-state index in [0.717, 1.165) is 18.4 Å². The number of urea groups is 1. The lowest BCUT2D eigenvalue weighted by molar-refractivity contribution is -0.137. The molecule has 0 aliphatic heterocycles. The zero-order chi connectivity index (χ0) is 15.6. The molecule has 0 radical (unpaired) electrons. The van der Waals surface area contributed by atoms with Crippen LogP contribution in [0.4, 0.5) is 4.79 Å². The summed E-state index contributed by atoms with van der Waals surface area (Å²) in [5.41, 5.74) is 1.14. The van der Waals surface area contributed by atoms with E-state index in [4.69, 9.17) is 5.11 Å². The van der Waals surface area contributed by atoms with Crippen LogP contribution >= 0.6 is 11.3 Å². The van der Waals surface area contributed by atoms with Crippen LogP contribution in [0.5, 0.6) is 0 Å². The molecule has 116 valence electrons. The summed E-state index contributed by atoms with van der Waals surface area (Å²) in [4.78, 5) is 27.2. The van der Waals surface area contributed by atoms with Gasteiger partial charge in [-0.05, 0) is 45.2 Å². The Morgan fingerprint density at radius 3 is 2.62 bits per heavy atom. The number of thiophene rings is 1. The summed E-state index contributed by atoms with van der Waals surface area (Å²) >= 11 is 1.72. The maximum Gasteiger partial charge on any atom is 0.318 e. The Hall–Kier alpha value is -1.56. The smallest absolute Gasteiger partial charge is 0.318 e. The normalized spacial score (nSPS) is 15.6. The van der Waals surface area contributed by atoms with Gasteiger partial charge in [-0.3, -0.25) is 4.79 Å². The van der Waals surface area contributed by atoms with Crippen LogP contribution in [0.3, 0.4) is 0 Å². The van der Waals surface area contributed by atoms with Gasteiger partial charge in [0.05, 0.1) is 12.5 Å². The van der Waals surface area contributed by atoms with Gasteiger partial charge >= 0.3 is 12.0 Å². The number of carbonyl (C=O) groups is 2. The first-order valence-electron chi connectivity index (χ1n) is 7.24. The second kappa shape index (κ2) is 6.47. The summed E-state index contributed by atoms with van der Waals surface area (Å²) < 4.78 is 0. The van der Waals surface area contributed by atoms with E-state index in [0.29, 0.717) is 0 Å². The van der Waals surface area contributed by atoms with Crippen molar-refractivity contribution in [3.8, 4) is 0 Å². The number of rotatable bonds is 6. The minimum atomic E-state index is -0.870. The lowest BCUT2D eigenvalue weighted by atomic mass is 10.1. The van der Waals surface area contributed by atoms with E-state index in [1.54, 1.807) is 16.2 Å². The highest BCUT2D eigenvalue weighted by molar-refractivity contribution is 7.12. The van der Waals surface area contributed by atoms with E-state index in [9.17, 15) is 9.59 Å². The van der Waals surface area contributed by atoms with Crippen LogP contribution in [0, 0.1) is 13.8 Å². The predicted octanol–water partition coefficient (Wildman–Crippen LogP) is 3.07. The van der Waals surface area contributed by atoms with Crippen molar-refractivity contribution in [2.24, 2.45) is 0 Å². The number of hydrogen-bond donors (Lipinski definition) is 2. The van der Waals surface area contributed by atoms with Crippen molar-refractivity contribution in [1.82, 2.24) is 10.2 Å². The van der Waals surface area contributed by atoms with E-state index >= 15 is 0 Å². The van der Waals surface area contributed by atoms with Gasteiger partial charge in [0.2, 0.25) is 0 Å². The number of nitrogens with zero attached hydrogens (tertiary/aromatic N) is 1. The number of carboxylic acid groups (broad SMARTS) is 1. The van der Waals surface area contributed by atoms with Crippen molar-refractivity contribution >= 4 is 23.3 Å². The molecule has 1 aromatic rings. The molecule has 2 rings (SSSR count). The summed E-state index contributed by atoms with van der Waals surface area (Å²) in [7, 11) is 0. The van der Waals surface area contributed by atoms with Crippen LogP contribution in [-0.2, 0) is 4.79 Å². The third-order valence-corrected chi connectivity index (χ3v) is 4.68. The molecular formula is C15H22N2O3S. The van der Waals surface area contributed by atoms with Gasteiger partial charge in [-0.15, -0.1) is 11.3 Å². The molecule has 5 nitrogen and oxygen atoms in total. The van der Waals surface area contributed by atoms with E-state index < -0.39 is 5.97 Å². The molecule has 0 spiro atoms. The summed E-state index contributed by atoms with van der Waals surface area (Å²) in [6.07, 6.45) is 1.94. The highest BCUT2D eigenvalue weighted by Gasteiger charge is 2.33. The monoisotopic (exact) mass is 310 g/mol. The van der Waals surface area contributed by atoms with Gasteiger partial charge in [-0.2, -0.15) is 0 Å². The molecular weight excluding hydrogens is 288 g/mol. The average molecular weight is 310 g/mol. The average Bonchev–Trinajstić information content (AvgIpc) is 3.14. The minimum Gasteiger partial charge on any atom is -0.481 e. The molecule has 1 atom stereocenters. The van der Waals surface area contributed by atoms with Crippen molar-refractivity contribution in [3.05, 3.63) is 21.4 Å². The molecule has 0 aromatic carbocycles. The Morgan fingerprint density at radius 2 is 2.14 bits per heavy atom. The van der Waals surface area contributed by atoms with E-state index in [2.05, 4.69) is 25.2 Å². The Kier molecular flexibility index (Phi) is 4.88. The van der Waals surface area contributed by atoms with Crippen molar-refractivity contribution in [1.29, 1.82) is 0 Å². The largest absolute Gasteiger partial charge is 0.481 e. The number of carbonyl (C=O) groups excluding carboxylic acids is 1. The maximum absolute atomic E-state index is 12.4. The molecule has 0 saturated heterocycles. The summed E-state index contributed by atoms with van der Waals surface area (Å²) in [5.74, 6) is -0.870. The second-order valence-electron chi connectivity index (χ2n) is 5.61. The van der Waals surface area contributed by atoms with Gasteiger partial charge in [0.1, 0.15) is 0 Å². The first kappa shape index (κ1) is 15.8. The molecule has 21 heavy (non-hydrogen) atoms. The van der Waals surface area contributed by atoms with Crippen molar-refractivity contribution in [2.75, 3.05) is 6.54 Å². The van der Waals surface area contributed by atoms with Gasteiger partial charge in [-0.1, -0.05) is 0 Å². The van der Waals surface area contributed by atoms with Gasteiger partial charge in [0.15, 0.2) is 0 Å². The van der Waals surface area contributed by atoms with E-state index in [-0.39, 0.29) is 31.1 Å². The lowest BCUT2D eigenvalue weighted by Gasteiger charge is -2.24. The zero-order valence-electron chi connectivity index (χ0n) is 12.7. The van der Waals surface area contributed by atoms with E-state index in [1.807, 2.05) is 6.92 Å². The first-order chi connectivity index (χ1) is 9.88. The number of nitrogens with one attached hydrogen (secondary N) is 1. The number of aryl methyl sites for hydroxylation is 2. The number of carboxylic acids is 1. The third kappa shape index (κ3) is 4.20. The molecule has 2 N–H and O–H groups in total. The van der Waals surface area contributed by atoms with Crippen LogP contribution in [0.1, 0.15) is 47.5 Å². The molecule has 1 saturated carbocycles. The second-order valence-corrected chi connectivity index (χ2v) is 7.07. The number of amides is 2. The SMILES string of the molecule is Cc1cc(C(C)NC(=O)N(CCC(=O)O)C2CC2)c(C)s1. The molecule has 1 aliphatic carbocycles. The topological polar surface area (TPSA) is 69.6 Å². The van der Waals surface area contributed by atoms with Crippen LogP contribution < -0.4 is 5.32 Å². The van der Waals surface area contributed by atoms with Crippen LogP contribution in [0.15, 0.2) is 6.07 Å². The van der Waals surface area contributed by atoms with E-state index in [1.165, 1.54) is 9.75 Å². The Balaban J connectivity index is 1.97. The van der Waals surface area contributed by atoms with Crippen molar-refractivity contribution in [2.45, 2.75) is 52.1 Å². The first-order valence-corrected chi connectivity index (χ1v) is 8.06. The molecule has 1 aromatic heterocycles. The fraction of sp³-hybridized carbons (Fsp3) is 0.600.